The molecule has 1 fully saturated rings. The Morgan fingerprint density at radius 2 is 1.62 bits per heavy atom. The third-order valence-corrected chi connectivity index (χ3v) is 4.35. The van der Waals surface area contributed by atoms with Crippen molar-refractivity contribution in [2.24, 2.45) is 0 Å². The summed E-state index contributed by atoms with van der Waals surface area (Å²) in [5, 5.41) is 0. The van der Waals surface area contributed by atoms with Crippen molar-refractivity contribution in [1.82, 2.24) is 4.90 Å². The van der Waals surface area contributed by atoms with Gasteiger partial charge in [0.1, 0.15) is 5.75 Å². The Bertz CT molecular complexity index is 544. The zero-order chi connectivity index (χ0) is 14.5. The Hall–Kier alpha value is -1.80. The molecule has 0 amide bonds. The fourth-order valence-electron chi connectivity index (χ4n) is 3.17. The summed E-state index contributed by atoms with van der Waals surface area (Å²) in [6.07, 6.45) is 3.72. The van der Waals surface area contributed by atoms with Crippen LogP contribution in [0, 0.1) is 0 Å². The van der Waals surface area contributed by atoms with Crippen LogP contribution >= 0.6 is 0 Å². The minimum absolute atomic E-state index is 0.473. The van der Waals surface area contributed by atoms with Crippen LogP contribution in [0.1, 0.15) is 30.0 Å². The highest BCUT2D eigenvalue weighted by Gasteiger charge is 2.23. The van der Waals surface area contributed by atoms with Gasteiger partial charge in [-0.1, -0.05) is 42.5 Å². The summed E-state index contributed by atoms with van der Waals surface area (Å²) < 4.78 is 5.28. The normalized spacial score (nSPS) is 16.8. The molecule has 2 aromatic carbocycles. The molecule has 0 aliphatic carbocycles. The highest BCUT2D eigenvalue weighted by atomic mass is 16.5. The summed E-state index contributed by atoms with van der Waals surface area (Å²) in [5.74, 6) is 0.929. The van der Waals surface area contributed by atoms with Crippen molar-refractivity contribution in [1.29, 1.82) is 0 Å². The quantitative estimate of drug-likeness (QED) is 0.819. The largest absolute Gasteiger partial charge is 0.497 e. The van der Waals surface area contributed by atoms with E-state index in [0.717, 1.165) is 12.2 Å². The van der Waals surface area contributed by atoms with Gasteiger partial charge in [0.05, 0.1) is 7.11 Å². The van der Waals surface area contributed by atoms with Crippen LogP contribution < -0.4 is 4.74 Å². The molecule has 2 aromatic rings. The molecule has 1 aliphatic rings. The van der Waals surface area contributed by atoms with E-state index in [9.17, 15) is 0 Å². The molecule has 1 aliphatic heterocycles. The number of methoxy groups -OCH3 is 1. The second-order valence-corrected chi connectivity index (χ2v) is 5.72. The monoisotopic (exact) mass is 281 g/mol. The van der Waals surface area contributed by atoms with Gasteiger partial charge >= 0.3 is 0 Å². The molecule has 0 bridgehead atoms. The van der Waals surface area contributed by atoms with Crippen molar-refractivity contribution in [2.45, 2.75) is 25.3 Å². The van der Waals surface area contributed by atoms with Crippen molar-refractivity contribution < 1.29 is 4.74 Å². The van der Waals surface area contributed by atoms with Crippen LogP contribution in [0.3, 0.4) is 0 Å². The summed E-state index contributed by atoms with van der Waals surface area (Å²) in [5.41, 5.74) is 2.80. The average Bonchev–Trinajstić information content (AvgIpc) is 3.08. The first-order chi connectivity index (χ1) is 10.4. The maximum atomic E-state index is 5.28. The van der Waals surface area contributed by atoms with Crippen LogP contribution in [-0.4, -0.2) is 25.1 Å². The Labute approximate surface area is 127 Å². The summed E-state index contributed by atoms with van der Waals surface area (Å²) in [6, 6.07) is 19.8. The molecule has 1 unspecified atom stereocenters. The molecule has 2 nitrogen and oxygen atoms in total. The van der Waals surface area contributed by atoms with Gasteiger partial charge in [0.15, 0.2) is 0 Å². The lowest BCUT2D eigenvalue weighted by Gasteiger charge is -2.28. The number of benzene rings is 2. The zero-order valence-corrected chi connectivity index (χ0v) is 12.7. The van der Waals surface area contributed by atoms with E-state index < -0.39 is 0 Å². The highest BCUT2D eigenvalue weighted by molar-refractivity contribution is 5.30. The maximum absolute atomic E-state index is 5.28. The molecule has 0 aromatic heterocycles. The number of rotatable bonds is 5. The molecule has 3 rings (SSSR count). The molecule has 0 spiro atoms. The smallest absolute Gasteiger partial charge is 0.118 e. The summed E-state index contributed by atoms with van der Waals surface area (Å²) in [7, 11) is 1.72. The van der Waals surface area contributed by atoms with E-state index in [-0.39, 0.29) is 0 Å². The number of hydrogen-bond donors (Lipinski definition) is 0. The minimum atomic E-state index is 0.473. The van der Waals surface area contributed by atoms with Crippen LogP contribution in [0.4, 0.5) is 0 Å². The summed E-state index contributed by atoms with van der Waals surface area (Å²) in [6.45, 7) is 2.42. The zero-order valence-electron chi connectivity index (χ0n) is 12.7. The van der Waals surface area contributed by atoms with Crippen molar-refractivity contribution >= 4 is 0 Å². The third-order valence-electron chi connectivity index (χ3n) is 4.35. The lowest BCUT2D eigenvalue weighted by Crippen LogP contribution is -2.27. The van der Waals surface area contributed by atoms with Gasteiger partial charge in [-0.25, -0.2) is 0 Å². The molecule has 110 valence electrons. The van der Waals surface area contributed by atoms with E-state index >= 15 is 0 Å². The van der Waals surface area contributed by atoms with E-state index in [2.05, 4.69) is 59.5 Å². The molecule has 0 N–H and O–H groups in total. The Morgan fingerprint density at radius 1 is 0.952 bits per heavy atom. The van der Waals surface area contributed by atoms with E-state index in [1.807, 2.05) is 0 Å². The van der Waals surface area contributed by atoms with Crippen molar-refractivity contribution in [3.8, 4) is 5.75 Å². The Balaban J connectivity index is 1.84. The van der Waals surface area contributed by atoms with Crippen molar-refractivity contribution in [3.05, 3.63) is 65.7 Å². The predicted octanol–water partition coefficient (Wildman–Crippen LogP) is 4.07. The summed E-state index contributed by atoms with van der Waals surface area (Å²) in [4.78, 5) is 2.62. The van der Waals surface area contributed by atoms with Gasteiger partial charge in [-0.2, -0.15) is 0 Å². The topological polar surface area (TPSA) is 12.5 Å². The molecule has 1 saturated heterocycles. The van der Waals surface area contributed by atoms with Gasteiger partial charge in [-0.3, -0.25) is 4.90 Å². The van der Waals surface area contributed by atoms with Gasteiger partial charge in [-0.15, -0.1) is 0 Å². The van der Waals surface area contributed by atoms with Crippen LogP contribution in [-0.2, 0) is 6.42 Å². The second-order valence-electron chi connectivity index (χ2n) is 5.72. The first-order valence-electron chi connectivity index (χ1n) is 7.79. The summed E-state index contributed by atoms with van der Waals surface area (Å²) >= 11 is 0. The average molecular weight is 281 g/mol. The van der Waals surface area contributed by atoms with Gasteiger partial charge in [0.25, 0.3) is 0 Å². The molecule has 2 heteroatoms. The van der Waals surface area contributed by atoms with E-state index in [1.54, 1.807) is 7.11 Å². The molecule has 21 heavy (non-hydrogen) atoms. The lowest BCUT2D eigenvalue weighted by atomic mass is 9.97. The Morgan fingerprint density at radius 3 is 2.24 bits per heavy atom. The number of nitrogens with zero attached hydrogens (tertiary/aromatic N) is 1. The van der Waals surface area contributed by atoms with Crippen molar-refractivity contribution in [3.63, 3.8) is 0 Å². The molecule has 1 atom stereocenters. The van der Waals surface area contributed by atoms with Gasteiger partial charge in [-0.05, 0) is 55.6 Å². The maximum Gasteiger partial charge on any atom is 0.118 e. The number of ether oxygens (including phenoxy) is 1. The SMILES string of the molecule is COc1ccc(C(Cc2ccccc2)N2CCCC2)cc1. The number of hydrogen-bond acceptors (Lipinski definition) is 2. The van der Waals surface area contributed by atoms with Crippen LogP contribution in [0.5, 0.6) is 5.75 Å². The van der Waals surface area contributed by atoms with Crippen molar-refractivity contribution in [2.75, 3.05) is 20.2 Å². The van der Waals surface area contributed by atoms with E-state index in [0.29, 0.717) is 6.04 Å². The van der Waals surface area contributed by atoms with E-state index in [1.165, 1.54) is 37.1 Å². The van der Waals surface area contributed by atoms with Crippen LogP contribution in [0.15, 0.2) is 54.6 Å². The molecular weight excluding hydrogens is 258 g/mol. The highest BCUT2D eigenvalue weighted by Crippen LogP contribution is 2.29. The van der Waals surface area contributed by atoms with Gasteiger partial charge in [0.2, 0.25) is 0 Å². The first kappa shape index (κ1) is 14.2. The predicted molar refractivity (Wildman–Crippen MR) is 86.7 cm³/mol. The van der Waals surface area contributed by atoms with Gasteiger partial charge in [0, 0.05) is 6.04 Å². The molecule has 0 saturated carbocycles. The molecule has 1 heterocycles. The molecular formula is C19H23NO. The van der Waals surface area contributed by atoms with Gasteiger partial charge < -0.3 is 4.74 Å². The second kappa shape index (κ2) is 6.77. The lowest BCUT2D eigenvalue weighted by molar-refractivity contribution is 0.244. The van der Waals surface area contributed by atoms with E-state index in [4.69, 9.17) is 4.74 Å². The first-order valence-corrected chi connectivity index (χ1v) is 7.79. The standard InChI is InChI=1S/C19H23NO/c1-21-18-11-9-17(10-12-18)19(20-13-5-6-14-20)15-16-7-3-2-4-8-16/h2-4,7-12,19H,5-6,13-15H2,1H3. The van der Waals surface area contributed by atoms with Crippen LogP contribution in [0.25, 0.3) is 0 Å². The van der Waals surface area contributed by atoms with Crippen LogP contribution in [0.2, 0.25) is 0 Å². The fraction of sp³-hybridized carbons (Fsp3) is 0.368. The fourth-order valence-corrected chi connectivity index (χ4v) is 3.17. The third kappa shape index (κ3) is 3.45. The molecule has 0 radical (unpaired) electrons. The minimum Gasteiger partial charge on any atom is -0.497 e. The Kier molecular flexibility index (Phi) is 4.56. The number of likely N-dealkylation sites (tertiary alicyclic amines) is 1.